The maximum absolute atomic E-state index is 9.88. The normalized spacial score (nSPS) is 11.8. The van der Waals surface area contributed by atoms with Crippen molar-refractivity contribution in [2.24, 2.45) is 5.92 Å². The summed E-state index contributed by atoms with van der Waals surface area (Å²) in [7, 11) is 0. The lowest BCUT2D eigenvalue weighted by Gasteiger charge is -1.95. The molecule has 0 aromatic rings. The van der Waals surface area contributed by atoms with Gasteiger partial charge >= 0.3 is 5.97 Å². The van der Waals surface area contributed by atoms with Crippen molar-refractivity contribution in [3.63, 3.8) is 0 Å². The predicted octanol–water partition coefficient (Wildman–Crippen LogP) is 1.06. The average Bonchev–Trinajstić information content (AvgIpc) is 1.65. The van der Waals surface area contributed by atoms with Crippen LogP contribution in [0.15, 0.2) is 0 Å². The molecular weight excluding hydrogens is 148 g/mol. The van der Waals surface area contributed by atoms with Crippen LogP contribution in [0.3, 0.4) is 0 Å². The summed E-state index contributed by atoms with van der Waals surface area (Å²) in [6.07, 6.45) is 0. The second-order valence-electron chi connectivity index (χ2n) is 1.42. The number of carboxylic acids is 1. The van der Waals surface area contributed by atoms with E-state index in [9.17, 15) is 4.79 Å². The SMILES string of the molecule is CC(CS)C(=O)O.Cl. The minimum absolute atomic E-state index is 0. The highest BCUT2D eigenvalue weighted by atomic mass is 35.5. The van der Waals surface area contributed by atoms with Crippen LogP contribution in [-0.4, -0.2) is 16.8 Å². The molecule has 0 amide bonds. The maximum Gasteiger partial charge on any atom is 0.307 e. The van der Waals surface area contributed by atoms with E-state index in [0.717, 1.165) is 0 Å². The molecule has 0 bridgehead atoms. The standard InChI is InChI=1S/C4H8O2S.ClH/c1-3(2-7)4(5)6;/h3,7H,2H2,1H3,(H,5,6);1H. The topological polar surface area (TPSA) is 37.3 Å². The van der Waals surface area contributed by atoms with E-state index in [4.69, 9.17) is 5.11 Å². The molecular formula is C4H9ClO2S. The van der Waals surface area contributed by atoms with Gasteiger partial charge in [0, 0.05) is 5.75 Å². The lowest BCUT2D eigenvalue weighted by molar-refractivity contribution is -0.140. The Morgan fingerprint density at radius 1 is 1.88 bits per heavy atom. The van der Waals surface area contributed by atoms with Crippen molar-refractivity contribution in [3.8, 4) is 0 Å². The van der Waals surface area contributed by atoms with Crippen LogP contribution >= 0.6 is 25.0 Å². The molecule has 0 rings (SSSR count). The Hall–Kier alpha value is 0.110. The zero-order valence-electron chi connectivity index (χ0n) is 4.50. The van der Waals surface area contributed by atoms with E-state index in [1.807, 2.05) is 0 Å². The first-order valence-electron chi connectivity index (χ1n) is 2.02. The summed E-state index contributed by atoms with van der Waals surface area (Å²) in [6.45, 7) is 1.62. The smallest absolute Gasteiger partial charge is 0.307 e. The molecule has 0 fully saturated rings. The van der Waals surface area contributed by atoms with Crippen LogP contribution in [-0.2, 0) is 4.79 Å². The third-order valence-electron chi connectivity index (χ3n) is 0.695. The van der Waals surface area contributed by atoms with Gasteiger partial charge in [-0.25, -0.2) is 0 Å². The van der Waals surface area contributed by atoms with Gasteiger partial charge in [0.05, 0.1) is 5.92 Å². The Balaban J connectivity index is 0. The molecule has 0 aromatic carbocycles. The van der Waals surface area contributed by atoms with Crippen LogP contribution in [0.2, 0.25) is 0 Å². The quantitative estimate of drug-likeness (QED) is 0.587. The Morgan fingerprint density at radius 2 is 2.25 bits per heavy atom. The van der Waals surface area contributed by atoms with Gasteiger partial charge in [-0.3, -0.25) is 4.79 Å². The molecule has 1 atom stereocenters. The number of hydrogen-bond acceptors (Lipinski definition) is 2. The third-order valence-corrected chi connectivity index (χ3v) is 1.24. The summed E-state index contributed by atoms with van der Waals surface area (Å²) in [6, 6.07) is 0. The molecule has 0 aromatic heterocycles. The van der Waals surface area contributed by atoms with E-state index >= 15 is 0 Å². The lowest BCUT2D eigenvalue weighted by atomic mass is 10.2. The van der Waals surface area contributed by atoms with Crippen molar-refractivity contribution < 1.29 is 9.90 Å². The minimum Gasteiger partial charge on any atom is -0.481 e. The van der Waals surface area contributed by atoms with Gasteiger partial charge in [-0.1, -0.05) is 6.92 Å². The second kappa shape index (κ2) is 5.25. The summed E-state index contributed by atoms with van der Waals surface area (Å²) in [4.78, 5) is 9.88. The number of aliphatic carboxylic acids is 1. The summed E-state index contributed by atoms with van der Waals surface area (Å²) in [5, 5.41) is 8.13. The zero-order chi connectivity index (χ0) is 5.86. The van der Waals surface area contributed by atoms with E-state index in [0.29, 0.717) is 5.75 Å². The number of hydrogen-bond donors (Lipinski definition) is 2. The number of halogens is 1. The molecule has 0 saturated heterocycles. The number of carboxylic acid groups (broad SMARTS) is 1. The van der Waals surface area contributed by atoms with Crippen molar-refractivity contribution in [1.29, 1.82) is 0 Å². The van der Waals surface area contributed by atoms with Gasteiger partial charge in [0.1, 0.15) is 0 Å². The van der Waals surface area contributed by atoms with Crippen molar-refractivity contribution in [1.82, 2.24) is 0 Å². The fraction of sp³-hybridized carbons (Fsp3) is 0.750. The molecule has 0 aliphatic heterocycles. The van der Waals surface area contributed by atoms with Gasteiger partial charge in [0.25, 0.3) is 0 Å². The van der Waals surface area contributed by atoms with Crippen molar-refractivity contribution in [2.45, 2.75) is 6.92 Å². The summed E-state index contributed by atoms with van der Waals surface area (Å²) in [5.41, 5.74) is 0. The van der Waals surface area contributed by atoms with Gasteiger partial charge in [0.2, 0.25) is 0 Å². The summed E-state index contributed by atoms with van der Waals surface area (Å²) >= 11 is 3.77. The van der Waals surface area contributed by atoms with E-state index in [1.165, 1.54) is 0 Å². The highest BCUT2D eigenvalue weighted by Crippen LogP contribution is 1.94. The van der Waals surface area contributed by atoms with E-state index in [-0.39, 0.29) is 18.3 Å². The first-order chi connectivity index (χ1) is 3.18. The van der Waals surface area contributed by atoms with Gasteiger partial charge in [-0.2, -0.15) is 12.6 Å². The molecule has 8 heavy (non-hydrogen) atoms. The summed E-state index contributed by atoms with van der Waals surface area (Å²) < 4.78 is 0. The van der Waals surface area contributed by atoms with Crippen LogP contribution in [0.5, 0.6) is 0 Å². The molecule has 4 heteroatoms. The molecule has 0 saturated carbocycles. The fourth-order valence-electron chi connectivity index (χ4n) is 0.0781. The van der Waals surface area contributed by atoms with E-state index in [2.05, 4.69) is 12.6 Å². The molecule has 0 aliphatic carbocycles. The molecule has 2 nitrogen and oxygen atoms in total. The van der Waals surface area contributed by atoms with E-state index < -0.39 is 5.97 Å². The minimum atomic E-state index is -0.782. The lowest BCUT2D eigenvalue weighted by Crippen LogP contribution is -2.09. The first-order valence-corrected chi connectivity index (χ1v) is 2.65. The van der Waals surface area contributed by atoms with Crippen LogP contribution in [0.25, 0.3) is 0 Å². The van der Waals surface area contributed by atoms with Gasteiger partial charge in [-0.15, -0.1) is 12.4 Å². The van der Waals surface area contributed by atoms with Crippen molar-refractivity contribution in [3.05, 3.63) is 0 Å². The van der Waals surface area contributed by atoms with Crippen molar-refractivity contribution >= 4 is 31.0 Å². The Labute approximate surface area is 60.1 Å². The van der Waals surface area contributed by atoms with Crippen molar-refractivity contribution in [2.75, 3.05) is 5.75 Å². The van der Waals surface area contributed by atoms with Gasteiger partial charge in [0.15, 0.2) is 0 Å². The number of rotatable bonds is 2. The third kappa shape index (κ3) is 4.27. The zero-order valence-corrected chi connectivity index (χ0v) is 6.21. The van der Waals surface area contributed by atoms with E-state index in [1.54, 1.807) is 6.92 Å². The number of thiol groups is 1. The average molecular weight is 157 g/mol. The van der Waals surface area contributed by atoms with Gasteiger partial charge in [-0.05, 0) is 0 Å². The van der Waals surface area contributed by atoms with Gasteiger partial charge < -0.3 is 5.11 Å². The van der Waals surface area contributed by atoms with Crippen LogP contribution in [0.4, 0.5) is 0 Å². The molecule has 0 spiro atoms. The van der Waals surface area contributed by atoms with Crippen LogP contribution < -0.4 is 0 Å². The maximum atomic E-state index is 9.88. The Morgan fingerprint density at radius 3 is 2.25 bits per heavy atom. The molecule has 0 aliphatic rings. The highest BCUT2D eigenvalue weighted by molar-refractivity contribution is 7.80. The van der Waals surface area contributed by atoms with Crippen LogP contribution in [0.1, 0.15) is 6.92 Å². The second-order valence-corrected chi connectivity index (χ2v) is 1.79. The Kier molecular flexibility index (Phi) is 7.21. The molecule has 1 unspecified atom stereocenters. The monoisotopic (exact) mass is 156 g/mol. The molecule has 0 heterocycles. The van der Waals surface area contributed by atoms with Crippen LogP contribution in [0, 0.1) is 5.92 Å². The fourth-order valence-corrected chi connectivity index (χ4v) is 0.234. The predicted molar refractivity (Wildman–Crippen MR) is 37.9 cm³/mol. The molecule has 0 radical (unpaired) electrons. The molecule has 50 valence electrons. The largest absolute Gasteiger partial charge is 0.481 e. The first kappa shape index (κ1) is 11.0. The molecule has 1 N–H and O–H groups in total. The summed E-state index contributed by atoms with van der Waals surface area (Å²) in [5.74, 6) is -0.687. The Bertz CT molecular complexity index is 76.4. The highest BCUT2D eigenvalue weighted by Gasteiger charge is 2.05. The number of carbonyl (C=O) groups is 1.